The van der Waals surface area contributed by atoms with E-state index in [2.05, 4.69) is 27.0 Å². The fraction of sp³-hybridized carbons (Fsp3) is 0.500. The summed E-state index contributed by atoms with van der Waals surface area (Å²) in [4.78, 5) is 28.3. The minimum absolute atomic E-state index is 0.0275. The maximum atomic E-state index is 12.8. The van der Waals surface area contributed by atoms with Crippen molar-refractivity contribution in [2.75, 3.05) is 50.6 Å². The molecule has 0 aliphatic carbocycles. The molecule has 0 radical (unpaired) electrons. The summed E-state index contributed by atoms with van der Waals surface area (Å²) >= 11 is 0. The average molecular weight is 380 g/mol. The van der Waals surface area contributed by atoms with E-state index in [-0.39, 0.29) is 17.2 Å². The Morgan fingerprint density at radius 1 is 1.07 bits per heavy atom. The third-order valence-electron chi connectivity index (χ3n) is 6.29. The number of nitrogens with zero attached hydrogens (tertiary/aromatic N) is 5. The molecule has 0 bridgehead atoms. The first-order chi connectivity index (χ1) is 13.5. The smallest absolute Gasteiger partial charge is 0.229 e. The van der Waals surface area contributed by atoms with Gasteiger partial charge in [-0.15, -0.1) is 0 Å². The van der Waals surface area contributed by atoms with Crippen molar-refractivity contribution < 1.29 is 4.79 Å². The highest BCUT2D eigenvalue weighted by Gasteiger charge is 2.45. The fourth-order valence-electron chi connectivity index (χ4n) is 4.79. The zero-order valence-electron chi connectivity index (χ0n) is 17.0. The number of anilines is 2. The Morgan fingerprint density at radius 2 is 1.75 bits per heavy atom. The van der Waals surface area contributed by atoms with Gasteiger partial charge in [0.15, 0.2) is 11.6 Å². The van der Waals surface area contributed by atoms with Gasteiger partial charge < -0.3 is 14.7 Å². The molecule has 0 N–H and O–H groups in total. The van der Waals surface area contributed by atoms with Crippen molar-refractivity contribution in [1.29, 1.82) is 0 Å². The number of hydrogen-bond acceptors (Lipinski definition) is 5. The lowest BCUT2D eigenvalue weighted by Crippen LogP contribution is -2.53. The van der Waals surface area contributed by atoms with Crippen LogP contribution in [0.15, 0.2) is 42.7 Å². The quantitative estimate of drug-likeness (QED) is 0.821. The summed E-state index contributed by atoms with van der Waals surface area (Å²) in [5, 5.41) is 0. The molecule has 1 aromatic carbocycles. The van der Waals surface area contributed by atoms with Gasteiger partial charge in [-0.1, -0.05) is 30.3 Å². The SMILES string of the molecule is CN1CC2(CCN(c3nccnc3N(C)C)CC2)CC(c2ccccc2)C1=O. The Labute approximate surface area is 167 Å². The normalized spacial score (nSPS) is 21.8. The lowest BCUT2D eigenvalue weighted by atomic mass is 9.68. The van der Waals surface area contributed by atoms with Crippen molar-refractivity contribution in [2.24, 2.45) is 5.41 Å². The largest absolute Gasteiger partial charge is 0.360 e. The Hall–Kier alpha value is -2.63. The number of hydrogen-bond donors (Lipinski definition) is 0. The second-order valence-electron chi connectivity index (χ2n) is 8.45. The number of carbonyl (C=O) groups excluding carboxylic acids is 1. The summed E-state index contributed by atoms with van der Waals surface area (Å²) in [6.07, 6.45) is 6.59. The average Bonchev–Trinajstić information content (AvgIpc) is 2.72. The maximum Gasteiger partial charge on any atom is 0.229 e. The van der Waals surface area contributed by atoms with E-state index < -0.39 is 0 Å². The highest BCUT2D eigenvalue weighted by Crippen LogP contribution is 2.46. The molecule has 1 atom stereocenters. The first-order valence-electron chi connectivity index (χ1n) is 10.0. The van der Waals surface area contributed by atoms with Crippen LogP contribution >= 0.6 is 0 Å². The zero-order chi connectivity index (χ0) is 19.7. The molecule has 0 saturated carbocycles. The number of likely N-dealkylation sites (tertiary alicyclic amines) is 1. The molecule has 6 heteroatoms. The minimum Gasteiger partial charge on any atom is -0.360 e. The highest BCUT2D eigenvalue weighted by atomic mass is 16.2. The number of aromatic nitrogens is 2. The summed E-state index contributed by atoms with van der Waals surface area (Å²) in [6, 6.07) is 10.3. The van der Waals surface area contributed by atoms with E-state index in [9.17, 15) is 4.79 Å². The van der Waals surface area contributed by atoms with E-state index in [1.807, 2.05) is 49.1 Å². The number of likely N-dealkylation sites (N-methyl/N-ethyl adjacent to an activating group) is 1. The van der Waals surface area contributed by atoms with Crippen LogP contribution < -0.4 is 9.80 Å². The summed E-state index contributed by atoms with van der Waals surface area (Å²) in [7, 11) is 5.97. The molecular weight excluding hydrogens is 350 g/mol. The van der Waals surface area contributed by atoms with Crippen molar-refractivity contribution >= 4 is 17.5 Å². The molecule has 1 aromatic heterocycles. The Bertz CT molecular complexity index is 830. The van der Waals surface area contributed by atoms with Crippen LogP contribution in [0, 0.1) is 5.41 Å². The number of benzene rings is 1. The van der Waals surface area contributed by atoms with Crippen LogP contribution in [0.25, 0.3) is 0 Å². The molecule has 2 saturated heterocycles. The second-order valence-corrected chi connectivity index (χ2v) is 8.45. The van der Waals surface area contributed by atoms with Gasteiger partial charge in [-0.2, -0.15) is 0 Å². The van der Waals surface area contributed by atoms with E-state index in [0.29, 0.717) is 0 Å². The van der Waals surface area contributed by atoms with E-state index in [1.165, 1.54) is 0 Å². The first kappa shape index (κ1) is 18.7. The van der Waals surface area contributed by atoms with Crippen LogP contribution in [-0.4, -0.2) is 61.6 Å². The number of carbonyl (C=O) groups is 1. The summed E-state index contributed by atoms with van der Waals surface area (Å²) in [5.41, 5.74) is 1.32. The highest BCUT2D eigenvalue weighted by molar-refractivity contribution is 5.84. The predicted octanol–water partition coefficient (Wildman–Crippen LogP) is 2.78. The lowest BCUT2D eigenvalue weighted by molar-refractivity contribution is -0.138. The van der Waals surface area contributed by atoms with Crippen molar-refractivity contribution in [3.05, 3.63) is 48.3 Å². The zero-order valence-corrected chi connectivity index (χ0v) is 17.0. The molecule has 4 rings (SSSR count). The second kappa shape index (κ2) is 7.41. The Kier molecular flexibility index (Phi) is 4.96. The topological polar surface area (TPSA) is 52.6 Å². The molecule has 2 fully saturated rings. The van der Waals surface area contributed by atoms with Gasteiger partial charge in [0.2, 0.25) is 5.91 Å². The molecule has 2 aliphatic heterocycles. The monoisotopic (exact) mass is 379 g/mol. The summed E-state index contributed by atoms with van der Waals surface area (Å²) in [6.45, 7) is 2.75. The molecule has 2 aliphatic rings. The third kappa shape index (κ3) is 3.43. The van der Waals surface area contributed by atoms with E-state index in [4.69, 9.17) is 0 Å². The van der Waals surface area contributed by atoms with Gasteiger partial charge >= 0.3 is 0 Å². The molecule has 3 heterocycles. The van der Waals surface area contributed by atoms with Gasteiger partial charge in [0, 0.05) is 53.2 Å². The van der Waals surface area contributed by atoms with Gasteiger partial charge in [-0.25, -0.2) is 9.97 Å². The van der Waals surface area contributed by atoms with Crippen LogP contribution in [0.2, 0.25) is 0 Å². The van der Waals surface area contributed by atoms with Crippen LogP contribution in [0.3, 0.4) is 0 Å². The molecule has 1 amide bonds. The number of amides is 1. The van der Waals surface area contributed by atoms with Crippen molar-refractivity contribution in [3.63, 3.8) is 0 Å². The maximum absolute atomic E-state index is 12.8. The summed E-state index contributed by atoms with van der Waals surface area (Å²) < 4.78 is 0. The molecule has 1 unspecified atom stereocenters. The van der Waals surface area contributed by atoms with Crippen LogP contribution in [0.1, 0.15) is 30.7 Å². The summed E-state index contributed by atoms with van der Waals surface area (Å²) in [5.74, 6) is 2.10. The van der Waals surface area contributed by atoms with Crippen LogP contribution in [0.4, 0.5) is 11.6 Å². The van der Waals surface area contributed by atoms with E-state index in [0.717, 1.165) is 56.1 Å². The van der Waals surface area contributed by atoms with E-state index >= 15 is 0 Å². The molecule has 148 valence electrons. The van der Waals surface area contributed by atoms with Gasteiger partial charge in [-0.05, 0) is 30.2 Å². The number of piperidine rings is 2. The Balaban J connectivity index is 1.53. The first-order valence-corrected chi connectivity index (χ1v) is 10.0. The fourth-order valence-corrected chi connectivity index (χ4v) is 4.79. The molecule has 1 spiro atoms. The molecule has 2 aromatic rings. The molecular formula is C22H29N5O. The van der Waals surface area contributed by atoms with Crippen LogP contribution in [0.5, 0.6) is 0 Å². The predicted molar refractivity (Wildman–Crippen MR) is 112 cm³/mol. The van der Waals surface area contributed by atoms with E-state index in [1.54, 1.807) is 12.4 Å². The molecule has 28 heavy (non-hydrogen) atoms. The van der Waals surface area contributed by atoms with Crippen molar-refractivity contribution in [1.82, 2.24) is 14.9 Å². The number of rotatable bonds is 3. The van der Waals surface area contributed by atoms with Crippen LogP contribution in [-0.2, 0) is 4.79 Å². The van der Waals surface area contributed by atoms with Gasteiger partial charge in [0.25, 0.3) is 0 Å². The van der Waals surface area contributed by atoms with Gasteiger partial charge in [0.05, 0.1) is 5.92 Å². The van der Waals surface area contributed by atoms with Gasteiger partial charge in [0.1, 0.15) is 0 Å². The van der Waals surface area contributed by atoms with Crippen molar-refractivity contribution in [3.8, 4) is 0 Å². The minimum atomic E-state index is -0.0275. The lowest BCUT2D eigenvalue weighted by Gasteiger charge is -2.49. The third-order valence-corrected chi connectivity index (χ3v) is 6.29. The van der Waals surface area contributed by atoms with Gasteiger partial charge in [-0.3, -0.25) is 4.79 Å². The Morgan fingerprint density at radius 3 is 2.43 bits per heavy atom. The molecule has 6 nitrogen and oxygen atoms in total. The van der Waals surface area contributed by atoms with Crippen molar-refractivity contribution in [2.45, 2.75) is 25.2 Å². The standard InChI is InChI=1S/C22H29N5O/c1-25(2)19-20(24-12-11-23-19)27-13-9-22(10-14-27)15-18(21(28)26(3)16-22)17-7-5-4-6-8-17/h4-8,11-12,18H,9-10,13-16H2,1-3H3.